The van der Waals surface area contributed by atoms with Gasteiger partial charge in [0.05, 0.1) is 6.42 Å². The van der Waals surface area contributed by atoms with Crippen LogP contribution in [-0.2, 0) is 9.59 Å². The van der Waals surface area contributed by atoms with Gasteiger partial charge >= 0.3 is 5.97 Å². The molecule has 1 aromatic heterocycles. The number of nitrogens with zero attached hydrogens (tertiary/aromatic N) is 1. The summed E-state index contributed by atoms with van der Waals surface area (Å²) in [6.07, 6.45) is -0.00866. The number of ketones is 1. The molecule has 1 aromatic rings. The monoisotopic (exact) mass is 284 g/mol. The van der Waals surface area contributed by atoms with Crippen LogP contribution in [0.15, 0.2) is 5.38 Å². The molecular weight excluding hydrogens is 268 g/mol. The Hall–Kier alpha value is -1.76. The van der Waals surface area contributed by atoms with Crippen LogP contribution in [0.3, 0.4) is 0 Å². The lowest BCUT2D eigenvalue weighted by Gasteiger charge is -2.20. The van der Waals surface area contributed by atoms with Crippen molar-refractivity contribution < 1.29 is 19.5 Å². The molecule has 0 saturated carbocycles. The molecule has 1 rings (SSSR count). The lowest BCUT2D eigenvalue weighted by Crippen LogP contribution is -2.24. The van der Waals surface area contributed by atoms with Crippen molar-refractivity contribution >= 4 is 34.1 Å². The molecule has 1 heterocycles. The Morgan fingerprint density at radius 3 is 2.47 bits per heavy atom. The van der Waals surface area contributed by atoms with Gasteiger partial charge in [0.25, 0.3) is 0 Å². The average molecular weight is 284 g/mol. The highest BCUT2D eigenvalue weighted by Crippen LogP contribution is 2.26. The van der Waals surface area contributed by atoms with Crippen molar-refractivity contribution in [1.29, 1.82) is 0 Å². The summed E-state index contributed by atoms with van der Waals surface area (Å²) in [7, 11) is 0. The molecule has 0 aliphatic rings. The number of carbonyl (C=O) groups is 3. The summed E-state index contributed by atoms with van der Waals surface area (Å²) in [6.45, 7) is 4.82. The second-order valence-electron chi connectivity index (χ2n) is 5.05. The van der Waals surface area contributed by atoms with Gasteiger partial charge in [-0.15, -0.1) is 11.3 Å². The largest absolute Gasteiger partial charge is 0.481 e. The number of nitrogens with one attached hydrogen (secondary N) is 1. The average Bonchev–Trinajstić information content (AvgIpc) is 2.62. The molecule has 1 amide bonds. The summed E-state index contributed by atoms with van der Waals surface area (Å²) in [5.74, 6) is -1.41. The predicted molar refractivity (Wildman–Crippen MR) is 71.4 cm³/mol. The van der Waals surface area contributed by atoms with Crippen LogP contribution in [0.4, 0.5) is 5.13 Å². The molecule has 0 fully saturated rings. The van der Waals surface area contributed by atoms with E-state index in [-0.39, 0.29) is 24.5 Å². The van der Waals surface area contributed by atoms with Crippen LogP contribution in [0.2, 0.25) is 0 Å². The van der Waals surface area contributed by atoms with Crippen LogP contribution >= 0.6 is 11.3 Å². The Morgan fingerprint density at radius 2 is 2.00 bits per heavy atom. The van der Waals surface area contributed by atoms with Crippen LogP contribution in [0.1, 0.15) is 44.1 Å². The Labute approximate surface area is 114 Å². The number of amides is 1. The highest BCUT2D eigenvalue weighted by Gasteiger charge is 2.25. The fraction of sp³-hybridized carbons (Fsp3) is 0.500. The van der Waals surface area contributed by atoms with E-state index in [0.717, 1.165) is 0 Å². The minimum absolute atomic E-state index is 0.0777. The van der Waals surface area contributed by atoms with E-state index in [1.807, 2.05) is 0 Å². The molecule has 0 aromatic carbocycles. The summed E-state index contributed by atoms with van der Waals surface area (Å²) < 4.78 is 0. The lowest BCUT2D eigenvalue weighted by atomic mass is 9.85. The number of Topliss-reactive ketones (excluding diaryl/α,β-unsaturated/α-hetero) is 1. The van der Waals surface area contributed by atoms with Gasteiger partial charge < -0.3 is 10.4 Å². The highest BCUT2D eigenvalue weighted by molar-refractivity contribution is 7.14. The quantitative estimate of drug-likeness (QED) is 0.780. The second-order valence-corrected chi connectivity index (χ2v) is 5.91. The minimum atomic E-state index is -0.939. The van der Waals surface area contributed by atoms with E-state index in [0.29, 0.717) is 10.8 Å². The second kappa shape index (κ2) is 5.92. The Balaban J connectivity index is 2.59. The number of carbonyl (C=O) groups excluding carboxylic acids is 2. The molecule has 0 aliphatic carbocycles. The lowest BCUT2D eigenvalue weighted by molar-refractivity contribution is -0.139. The summed E-state index contributed by atoms with van der Waals surface area (Å²) in [6, 6.07) is 0. The van der Waals surface area contributed by atoms with Crippen LogP contribution in [0, 0.1) is 5.41 Å². The van der Waals surface area contributed by atoms with Gasteiger partial charge in [-0.2, -0.15) is 0 Å². The molecule has 0 spiro atoms. The molecule has 6 nitrogen and oxygen atoms in total. The van der Waals surface area contributed by atoms with E-state index < -0.39 is 11.4 Å². The number of aliphatic carboxylic acids is 1. The Bertz CT molecular complexity index is 508. The zero-order valence-electron chi connectivity index (χ0n) is 11.0. The number of carboxylic acids is 1. The van der Waals surface area contributed by atoms with Crippen molar-refractivity contribution in [3.63, 3.8) is 0 Å². The SMILES string of the molecule is CC(=O)c1csc(NC(=O)CC(C)(C)CC(=O)O)n1. The first-order chi connectivity index (χ1) is 8.69. The fourth-order valence-corrected chi connectivity index (χ4v) is 2.33. The third kappa shape index (κ3) is 5.17. The molecule has 0 saturated heterocycles. The molecule has 0 bridgehead atoms. The van der Waals surface area contributed by atoms with Crippen LogP contribution in [0.25, 0.3) is 0 Å². The smallest absolute Gasteiger partial charge is 0.303 e. The van der Waals surface area contributed by atoms with Crippen LogP contribution < -0.4 is 5.32 Å². The molecule has 0 unspecified atom stereocenters. The number of thiazole rings is 1. The first-order valence-corrected chi connectivity index (χ1v) is 6.56. The first-order valence-electron chi connectivity index (χ1n) is 5.68. The zero-order chi connectivity index (χ0) is 14.6. The van der Waals surface area contributed by atoms with E-state index >= 15 is 0 Å². The van der Waals surface area contributed by atoms with Crippen molar-refractivity contribution in [3.8, 4) is 0 Å². The molecule has 19 heavy (non-hydrogen) atoms. The van der Waals surface area contributed by atoms with Gasteiger partial charge in [-0.3, -0.25) is 14.4 Å². The number of hydrogen-bond acceptors (Lipinski definition) is 5. The number of aromatic nitrogens is 1. The molecular formula is C12H16N2O4S. The molecule has 104 valence electrons. The summed E-state index contributed by atoms with van der Waals surface area (Å²) in [4.78, 5) is 37.4. The summed E-state index contributed by atoms with van der Waals surface area (Å²) in [5.41, 5.74) is -0.318. The molecule has 7 heteroatoms. The van der Waals surface area contributed by atoms with Crippen molar-refractivity contribution in [2.24, 2.45) is 5.41 Å². The first kappa shape index (κ1) is 15.3. The van der Waals surface area contributed by atoms with E-state index in [1.165, 1.54) is 18.3 Å². The van der Waals surface area contributed by atoms with E-state index in [2.05, 4.69) is 10.3 Å². The topological polar surface area (TPSA) is 96.4 Å². The molecule has 0 atom stereocenters. The zero-order valence-corrected chi connectivity index (χ0v) is 11.8. The highest BCUT2D eigenvalue weighted by atomic mass is 32.1. The van der Waals surface area contributed by atoms with Crippen LogP contribution in [0.5, 0.6) is 0 Å². The predicted octanol–water partition coefficient (Wildman–Crippen LogP) is 2.18. The molecule has 0 radical (unpaired) electrons. The normalized spacial score (nSPS) is 11.1. The maximum atomic E-state index is 11.8. The van der Waals surface area contributed by atoms with Crippen molar-refractivity contribution in [1.82, 2.24) is 4.98 Å². The Kier molecular flexibility index (Phi) is 4.77. The fourth-order valence-electron chi connectivity index (χ4n) is 1.56. The van der Waals surface area contributed by atoms with Gasteiger partial charge in [0.1, 0.15) is 5.69 Å². The number of carboxylic acid groups (broad SMARTS) is 1. The molecule has 2 N–H and O–H groups in total. The maximum absolute atomic E-state index is 11.8. The number of anilines is 1. The standard InChI is InChI=1S/C12H16N2O4S/c1-7(15)8-6-19-11(13-8)14-9(16)4-12(2,3)5-10(17)18/h6H,4-5H2,1-3H3,(H,17,18)(H,13,14,16). The van der Waals surface area contributed by atoms with Crippen molar-refractivity contribution in [3.05, 3.63) is 11.1 Å². The van der Waals surface area contributed by atoms with Crippen molar-refractivity contribution in [2.75, 3.05) is 5.32 Å². The van der Waals surface area contributed by atoms with Gasteiger partial charge in [0.2, 0.25) is 5.91 Å². The minimum Gasteiger partial charge on any atom is -0.481 e. The van der Waals surface area contributed by atoms with Gasteiger partial charge in [-0.25, -0.2) is 4.98 Å². The van der Waals surface area contributed by atoms with Crippen molar-refractivity contribution in [2.45, 2.75) is 33.6 Å². The molecule has 0 aliphatic heterocycles. The van der Waals surface area contributed by atoms with E-state index in [9.17, 15) is 14.4 Å². The van der Waals surface area contributed by atoms with Gasteiger partial charge in [0.15, 0.2) is 10.9 Å². The summed E-state index contributed by atoms with van der Waals surface area (Å²) in [5, 5.41) is 13.2. The number of hydrogen-bond donors (Lipinski definition) is 2. The van der Waals surface area contributed by atoms with Gasteiger partial charge in [-0.1, -0.05) is 13.8 Å². The number of rotatable bonds is 6. The summed E-state index contributed by atoms with van der Waals surface area (Å²) >= 11 is 1.17. The van der Waals surface area contributed by atoms with Gasteiger partial charge in [-0.05, 0) is 5.41 Å². The third-order valence-electron chi connectivity index (χ3n) is 2.38. The van der Waals surface area contributed by atoms with E-state index in [1.54, 1.807) is 19.2 Å². The Morgan fingerprint density at radius 1 is 1.37 bits per heavy atom. The third-order valence-corrected chi connectivity index (χ3v) is 3.14. The van der Waals surface area contributed by atoms with Crippen LogP contribution in [-0.4, -0.2) is 27.8 Å². The maximum Gasteiger partial charge on any atom is 0.303 e. The van der Waals surface area contributed by atoms with E-state index in [4.69, 9.17) is 5.11 Å². The van der Waals surface area contributed by atoms with Gasteiger partial charge in [0, 0.05) is 18.7 Å².